The van der Waals surface area contributed by atoms with Gasteiger partial charge >= 0.3 is 0 Å². The van der Waals surface area contributed by atoms with Gasteiger partial charge in [0.1, 0.15) is 12.6 Å². The highest BCUT2D eigenvalue weighted by Crippen LogP contribution is 2.33. The Labute approximate surface area is 248 Å². The van der Waals surface area contributed by atoms with Crippen LogP contribution in [-0.4, -0.2) is 43.8 Å². The van der Waals surface area contributed by atoms with Crippen LogP contribution in [0.1, 0.15) is 32.8 Å². The summed E-state index contributed by atoms with van der Waals surface area (Å²) in [5.41, 5.74) is 0.871. The molecule has 0 saturated heterocycles. The molecule has 2 atom stereocenters. The van der Waals surface area contributed by atoms with Gasteiger partial charge in [-0.2, -0.15) is 0 Å². The zero-order chi connectivity index (χ0) is 28.7. The summed E-state index contributed by atoms with van der Waals surface area (Å²) in [7, 11) is -4.21. The Balaban J connectivity index is 2.04. The molecule has 1 N–H and O–H groups in total. The normalized spacial score (nSPS) is 12.9. The van der Waals surface area contributed by atoms with Gasteiger partial charge in [-0.15, -0.1) is 0 Å². The van der Waals surface area contributed by atoms with E-state index in [1.807, 2.05) is 38.1 Å². The average Bonchev–Trinajstić information content (AvgIpc) is 2.91. The van der Waals surface area contributed by atoms with E-state index in [1.165, 1.54) is 35.2 Å². The minimum absolute atomic E-state index is 0.00848. The summed E-state index contributed by atoms with van der Waals surface area (Å²) in [5, 5.41) is 3.29. The number of rotatable bonds is 11. The molecule has 3 rings (SSSR count). The molecule has 3 aromatic rings. The number of nitrogens with zero attached hydrogens (tertiary/aromatic N) is 2. The van der Waals surface area contributed by atoms with E-state index in [2.05, 4.69) is 21.2 Å². The molecule has 0 aliphatic carbocycles. The Kier molecular flexibility index (Phi) is 10.8. The molecule has 0 fully saturated rings. The molecular weight excluding hydrogens is 625 g/mol. The zero-order valence-corrected chi connectivity index (χ0v) is 25.7. The molecule has 0 aliphatic heterocycles. The van der Waals surface area contributed by atoms with Crippen LogP contribution in [-0.2, 0) is 26.2 Å². The largest absolute Gasteiger partial charge is 0.352 e. The van der Waals surface area contributed by atoms with Crippen molar-refractivity contribution in [2.24, 2.45) is 0 Å². The molecule has 0 bridgehead atoms. The number of carbonyl (C=O) groups is 2. The van der Waals surface area contributed by atoms with E-state index in [0.717, 1.165) is 20.8 Å². The second-order valence-corrected chi connectivity index (χ2v) is 12.7. The van der Waals surface area contributed by atoms with Crippen LogP contribution < -0.4 is 9.62 Å². The summed E-state index contributed by atoms with van der Waals surface area (Å²) in [6.07, 6.45) is 0.720. The van der Waals surface area contributed by atoms with Gasteiger partial charge in [0.2, 0.25) is 11.8 Å². The number of amides is 2. The maximum atomic E-state index is 13.9. The fraction of sp³-hybridized carbons (Fsp3) is 0.286. The molecule has 0 aromatic heterocycles. The molecule has 0 unspecified atom stereocenters. The summed E-state index contributed by atoms with van der Waals surface area (Å²) < 4.78 is 29.4. The Hall–Kier alpha value is -2.59. The van der Waals surface area contributed by atoms with Gasteiger partial charge in [-0.3, -0.25) is 13.9 Å². The van der Waals surface area contributed by atoms with Gasteiger partial charge < -0.3 is 10.2 Å². The maximum Gasteiger partial charge on any atom is 0.264 e. The lowest BCUT2D eigenvalue weighted by Gasteiger charge is -2.32. The SMILES string of the molecule is CC[C@@H](C)NC(=O)[C@@H](C)N(Cc1ccc(Br)cc1)C(=O)CN(c1ccc(Cl)cc1Cl)S(=O)(=O)c1ccccc1. The first-order valence-electron chi connectivity index (χ1n) is 12.3. The van der Waals surface area contributed by atoms with Crippen molar-refractivity contribution in [3.8, 4) is 0 Å². The van der Waals surface area contributed by atoms with Gasteiger partial charge in [0.15, 0.2) is 0 Å². The Morgan fingerprint density at radius 3 is 2.21 bits per heavy atom. The zero-order valence-electron chi connectivity index (χ0n) is 21.8. The van der Waals surface area contributed by atoms with Crippen LogP contribution in [0, 0.1) is 0 Å². The van der Waals surface area contributed by atoms with E-state index in [1.54, 1.807) is 25.1 Å². The van der Waals surface area contributed by atoms with E-state index in [9.17, 15) is 18.0 Å². The summed E-state index contributed by atoms with van der Waals surface area (Å²) in [6, 6.07) is 18.5. The molecule has 208 valence electrons. The van der Waals surface area contributed by atoms with Crippen LogP contribution in [0.2, 0.25) is 10.0 Å². The topological polar surface area (TPSA) is 86.8 Å². The highest BCUT2D eigenvalue weighted by atomic mass is 79.9. The third-order valence-electron chi connectivity index (χ3n) is 6.22. The Morgan fingerprint density at radius 1 is 0.974 bits per heavy atom. The number of anilines is 1. The van der Waals surface area contributed by atoms with Gasteiger partial charge in [0.05, 0.1) is 15.6 Å². The molecular formula is C28H30BrCl2N3O4S. The van der Waals surface area contributed by atoms with Crippen molar-refractivity contribution in [1.82, 2.24) is 10.2 Å². The number of hydrogen-bond donors (Lipinski definition) is 1. The van der Waals surface area contributed by atoms with Gasteiger partial charge in [-0.1, -0.05) is 76.4 Å². The van der Waals surface area contributed by atoms with Crippen LogP contribution in [0.3, 0.4) is 0 Å². The first-order valence-corrected chi connectivity index (χ1v) is 15.3. The lowest BCUT2D eigenvalue weighted by atomic mass is 10.1. The van der Waals surface area contributed by atoms with Gasteiger partial charge in [-0.25, -0.2) is 8.42 Å². The first kappa shape index (κ1) is 30.9. The molecule has 0 radical (unpaired) electrons. The molecule has 11 heteroatoms. The number of carbonyl (C=O) groups excluding carboxylic acids is 2. The monoisotopic (exact) mass is 653 g/mol. The molecule has 39 heavy (non-hydrogen) atoms. The highest BCUT2D eigenvalue weighted by molar-refractivity contribution is 9.10. The van der Waals surface area contributed by atoms with Gasteiger partial charge in [0.25, 0.3) is 10.0 Å². The van der Waals surface area contributed by atoms with Crippen LogP contribution in [0.5, 0.6) is 0 Å². The van der Waals surface area contributed by atoms with Gasteiger partial charge in [-0.05, 0) is 68.3 Å². The van der Waals surface area contributed by atoms with Crippen LogP contribution in [0.15, 0.2) is 82.2 Å². The number of hydrogen-bond acceptors (Lipinski definition) is 4. The summed E-state index contributed by atoms with van der Waals surface area (Å²) >= 11 is 15.9. The average molecular weight is 655 g/mol. The minimum Gasteiger partial charge on any atom is -0.352 e. The molecule has 0 spiro atoms. The molecule has 3 aromatic carbocycles. The van der Waals surface area contributed by atoms with Crippen molar-refractivity contribution in [2.75, 3.05) is 10.8 Å². The summed E-state index contributed by atoms with van der Waals surface area (Å²) in [6.45, 7) is 4.95. The minimum atomic E-state index is -4.21. The lowest BCUT2D eigenvalue weighted by Crippen LogP contribution is -2.52. The van der Waals surface area contributed by atoms with E-state index in [0.29, 0.717) is 5.02 Å². The highest BCUT2D eigenvalue weighted by Gasteiger charge is 2.33. The second kappa shape index (κ2) is 13.7. The quantitative estimate of drug-likeness (QED) is 0.264. The Morgan fingerprint density at radius 2 is 1.62 bits per heavy atom. The molecule has 0 saturated carbocycles. The number of nitrogens with one attached hydrogen (secondary N) is 1. The van der Waals surface area contributed by atoms with E-state index < -0.39 is 28.5 Å². The van der Waals surface area contributed by atoms with Crippen molar-refractivity contribution in [1.29, 1.82) is 0 Å². The van der Waals surface area contributed by atoms with Crippen molar-refractivity contribution in [2.45, 2.75) is 50.7 Å². The third kappa shape index (κ3) is 7.97. The molecule has 7 nitrogen and oxygen atoms in total. The van der Waals surface area contributed by atoms with Crippen molar-refractivity contribution >= 4 is 66.7 Å². The Bertz CT molecular complexity index is 1410. The second-order valence-electron chi connectivity index (χ2n) is 9.06. The summed E-state index contributed by atoms with van der Waals surface area (Å²) in [4.78, 5) is 28.4. The van der Waals surface area contributed by atoms with Crippen molar-refractivity contribution in [3.63, 3.8) is 0 Å². The van der Waals surface area contributed by atoms with Crippen LogP contribution in [0.4, 0.5) is 5.69 Å². The molecule has 0 aliphatic rings. The number of sulfonamides is 1. The third-order valence-corrected chi connectivity index (χ3v) is 9.06. The molecule has 2 amide bonds. The fourth-order valence-electron chi connectivity index (χ4n) is 3.75. The van der Waals surface area contributed by atoms with Crippen molar-refractivity contribution in [3.05, 3.63) is 92.9 Å². The number of benzene rings is 3. The fourth-order valence-corrected chi connectivity index (χ4v) is 6.03. The molecule has 0 heterocycles. The standard InChI is InChI=1S/C28H30BrCl2N3O4S/c1-4-19(2)32-28(36)20(3)33(17-21-10-12-22(29)13-11-21)27(35)18-34(26-15-14-23(30)16-25(26)31)39(37,38)24-8-6-5-7-9-24/h5-16,19-20H,4,17-18H2,1-3H3,(H,32,36)/t19-,20-/m1/s1. The predicted octanol–water partition coefficient (Wildman–Crippen LogP) is 6.28. The van der Waals surface area contributed by atoms with Gasteiger partial charge in [0, 0.05) is 22.1 Å². The predicted molar refractivity (Wildman–Crippen MR) is 159 cm³/mol. The lowest BCUT2D eigenvalue weighted by molar-refractivity contribution is -0.139. The van der Waals surface area contributed by atoms with E-state index in [-0.39, 0.29) is 34.1 Å². The number of halogens is 3. The van der Waals surface area contributed by atoms with Crippen LogP contribution in [0.25, 0.3) is 0 Å². The van der Waals surface area contributed by atoms with Crippen LogP contribution >= 0.6 is 39.1 Å². The van der Waals surface area contributed by atoms with Crippen molar-refractivity contribution < 1.29 is 18.0 Å². The first-order chi connectivity index (χ1) is 18.4. The van der Waals surface area contributed by atoms with E-state index in [4.69, 9.17) is 23.2 Å². The maximum absolute atomic E-state index is 13.9. The van der Waals surface area contributed by atoms with E-state index >= 15 is 0 Å². The summed E-state index contributed by atoms with van der Waals surface area (Å²) in [5.74, 6) is -0.910. The smallest absolute Gasteiger partial charge is 0.264 e.